The standard InChI is InChI=1S/2C5H12BrP/c2*1-3-5-7(6)4-2/h2*3-5H2,1-2H3. The van der Waals surface area contributed by atoms with Crippen LogP contribution in [0.25, 0.3) is 0 Å². The molecule has 0 heterocycles. The van der Waals surface area contributed by atoms with E-state index in [0.29, 0.717) is 0 Å². The molecule has 0 radical (unpaired) electrons. The van der Waals surface area contributed by atoms with Crippen LogP contribution in [0, 0.1) is 0 Å². The summed E-state index contributed by atoms with van der Waals surface area (Å²) < 4.78 is 0. The minimum absolute atomic E-state index is 0.234. The highest BCUT2D eigenvalue weighted by molar-refractivity contribution is 9.39. The normalized spacial score (nSPS) is 14.1. The predicted octanol–water partition coefficient (Wildman–Crippen LogP) is 6.42. The topological polar surface area (TPSA) is 0 Å². The fourth-order valence-electron chi connectivity index (χ4n) is 0.801. The molecule has 4 heteroatoms. The molecule has 0 rings (SSSR count). The molecule has 0 aromatic carbocycles. The van der Waals surface area contributed by atoms with Gasteiger partial charge in [-0.1, -0.05) is 71.5 Å². The van der Waals surface area contributed by atoms with Gasteiger partial charge in [0.2, 0.25) is 0 Å². The van der Waals surface area contributed by atoms with Gasteiger partial charge < -0.3 is 0 Å². The minimum Gasteiger partial charge on any atom is -0.0650 e. The Hall–Kier alpha value is 1.82. The molecule has 0 aliphatic rings. The van der Waals surface area contributed by atoms with Gasteiger partial charge in [0.1, 0.15) is 0 Å². The van der Waals surface area contributed by atoms with Crippen LogP contribution in [0.2, 0.25) is 0 Å². The fraction of sp³-hybridized carbons (Fsp3) is 1.00. The molecule has 0 nitrogen and oxygen atoms in total. The molecular weight excluding hydrogens is 342 g/mol. The van der Waals surface area contributed by atoms with Crippen molar-refractivity contribution in [2.24, 2.45) is 0 Å². The van der Waals surface area contributed by atoms with Crippen LogP contribution in [0.4, 0.5) is 0 Å². The fourth-order valence-corrected chi connectivity index (χ4v) is 4.53. The SMILES string of the molecule is CCCP(Br)CC.CCCP(Br)CC. The van der Waals surface area contributed by atoms with Gasteiger partial charge in [0.15, 0.2) is 0 Å². The summed E-state index contributed by atoms with van der Waals surface area (Å²) in [5.41, 5.74) is 0. The van der Waals surface area contributed by atoms with Crippen LogP contribution < -0.4 is 0 Å². The Balaban J connectivity index is 0. The van der Waals surface area contributed by atoms with Gasteiger partial charge in [-0.25, -0.2) is 0 Å². The molecule has 14 heavy (non-hydrogen) atoms. The number of hydrogen-bond acceptors (Lipinski definition) is 0. The van der Waals surface area contributed by atoms with E-state index in [9.17, 15) is 0 Å². The average Bonchev–Trinajstić information content (AvgIpc) is 2.19. The third-order valence-corrected chi connectivity index (χ3v) is 9.99. The van der Waals surface area contributed by atoms with E-state index in [-0.39, 0.29) is 13.2 Å². The zero-order chi connectivity index (χ0) is 11.4. The molecule has 0 amide bonds. The molecule has 0 N–H and O–H groups in total. The monoisotopic (exact) mass is 364 g/mol. The number of hydrogen-bond donors (Lipinski definition) is 0. The lowest BCUT2D eigenvalue weighted by Crippen LogP contribution is -1.75. The quantitative estimate of drug-likeness (QED) is 0.476. The summed E-state index contributed by atoms with van der Waals surface area (Å²) in [6, 6.07) is 0. The highest BCUT2D eigenvalue weighted by Crippen LogP contribution is 2.44. The first-order valence-electron chi connectivity index (χ1n) is 5.43. The second kappa shape index (κ2) is 14.8. The van der Waals surface area contributed by atoms with Crippen molar-refractivity contribution in [3.05, 3.63) is 0 Å². The van der Waals surface area contributed by atoms with Crippen LogP contribution in [0.5, 0.6) is 0 Å². The summed E-state index contributed by atoms with van der Waals surface area (Å²) in [6.45, 7) is 9.39. The van der Waals surface area contributed by atoms with E-state index >= 15 is 0 Å². The molecule has 0 spiro atoms. The second-order valence-electron chi connectivity index (χ2n) is 3.00. The van der Waals surface area contributed by atoms with E-state index in [1.54, 1.807) is 0 Å². The molecule has 0 saturated carbocycles. The first-order chi connectivity index (χ1) is 6.62. The van der Waals surface area contributed by atoms with Gasteiger partial charge >= 0.3 is 0 Å². The van der Waals surface area contributed by atoms with Crippen LogP contribution in [0.15, 0.2) is 0 Å². The smallest absolute Gasteiger partial charge is 0.0230 e. The van der Waals surface area contributed by atoms with Crippen LogP contribution in [0.1, 0.15) is 40.5 Å². The maximum atomic E-state index is 3.60. The average molecular weight is 366 g/mol. The summed E-state index contributed by atoms with van der Waals surface area (Å²) in [5, 5.41) is 0. The van der Waals surface area contributed by atoms with Crippen LogP contribution in [-0.2, 0) is 0 Å². The lowest BCUT2D eigenvalue weighted by Gasteiger charge is -2.01. The van der Waals surface area contributed by atoms with Crippen LogP contribution in [0.3, 0.4) is 0 Å². The molecule has 0 bridgehead atoms. The maximum absolute atomic E-state index is 3.60. The van der Waals surface area contributed by atoms with Gasteiger partial charge in [0.25, 0.3) is 0 Å². The van der Waals surface area contributed by atoms with E-state index < -0.39 is 0 Å². The van der Waals surface area contributed by atoms with Gasteiger partial charge in [-0.3, -0.25) is 0 Å². The molecule has 0 saturated heterocycles. The van der Waals surface area contributed by atoms with E-state index in [0.717, 1.165) is 0 Å². The van der Waals surface area contributed by atoms with Crippen molar-refractivity contribution in [1.29, 1.82) is 0 Å². The Kier molecular flexibility index (Phi) is 19.3. The Morgan fingerprint density at radius 2 is 1.00 bits per heavy atom. The lowest BCUT2D eigenvalue weighted by atomic mass is 10.6. The van der Waals surface area contributed by atoms with Crippen molar-refractivity contribution in [2.45, 2.75) is 40.5 Å². The van der Waals surface area contributed by atoms with Gasteiger partial charge in [-0.05, 0) is 37.9 Å². The molecule has 88 valence electrons. The van der Waals surface area contributed by atoms with Crippen LogP contribution in [-0.4, -0.2) is 24.6 Å². The zero-order valence-corrected chi connectivity index (χ0v) is 14.9. The largest absolute Gasteiger partial charge is 0.0650 e. The molecule has 0 aromatic rings. The number of halogens is 2. The van der Waals surface area contributed by atoms with E-state index in [1.807, 2.05) is 0 Å². The molecule has 2 atom stereocenters. The Morgan fingerprint density at radius 1 is 0.714 bits per heavy atom. The van der Waals surface area contributed by atoms with Crippen molar-refractivity contribution in [3.8, 4) is 0 Å². The summed E-state index contributed by atoms with van der Waals surface area (Å²) >= 11 is 7.20. The summed E-state index contributed by atoms with van der Waals surface area (Å²) in [5.74, 6) is 0. The van der Waals surface area contributed by atoms with Crippen molar-refractivity contribution in [1.82, 2.24) is 0 Å². The second-order valence-corrected chi connectivity index (χ2v) is 13.0. The van der Waals surface area contributed by atoms with Gasteiger partial charge in [0, 0.05) is 0 Å². The summed E-state index contributed by atoms with van der Waals surface area (Å²) in [4.78, 5) is 0. The lowest BCUT2D eigenvalue weighted by molar-refractivity contribution is 1.10. The number of rotatable bonds is 6. The summed E-state index contributed by atoms with van der Waals surface area (Å²) in [7, 11) is 0. The molecular formula is C10H24Br2P2. The van der Waals surface area contributed by atoms with E-state index in [1.165, 1.54) is 37.5 Å². The first kappa shape index (κ1) is 18.2. The Bertz CT molecular complexity index is 90.1. The molecule has 0 aliphatic heterocycles. The molecule has 2 unspecified atom stereocenters. The van der Waals surface area contributed by atoms with E-state index in [4.69, 9.17) is 0 Å². The van der Waals surface area contributed by atoms with Gasteiger partial charge in [-0.15, -0.1) is 0 Å². The minimum atomic E-state index is 0.234. The predicted molar refractivity (Wildman–Crippen MR) is 83.1 cm³/mol. The van der Waals surface area contributed by atoms with Gasteiger partial charge in [0.05, 0.1) is 0 Å². The molecule has 0 aliphatic carbocycles. The summed E-state index contributed by atoms with van der Waals surface area (Å²) in [6.07, 6.45) is 8.06. The third-order valence-electron chi connectivity index (χ3n) is 1.62. The first-order valence-corrected chi connectivity index (χ1v) is 12.9. The maximum Gasteiger partial charge on any atom is -0.0230 e. The van der Waals surface area contributed by atoms with E-state index in [2.05, 4.69) is 58.7 Å². The van der Waals surface area contributed by atoms with Gasteiger partial charge in [-0.2, -0.15) is 0 Å². The third kappa shape index (κ3) is 16.3. The zero-order valence-electron chi connectivity index (χ0n) is 9.89. The molecule has 0 aromatic heterocycles. The van der Waals surface area contributed by atoms with Crippen molar-refractivity contribution >= 4 is 44.2 Å². The van der Waals surface area contributed by atoms with Crippen molar-refractivity contribution < 1.29 is 0 Å². The Morgan fingerprint density at radius 3 is 1.07 bits per heavy atom. The van der Waals surface area contributed by atoms with Crippen LogP contribution >= 0.6 is 44.2 Å². The highest BCUT2D eigenvalue weighted by atomic mass is 79.9. The highest BCUT2D eigenvalue weighted by Gasteiger charge is 1.94. The molecule has 0 fully saturated rings. The van der Waals surface area contributed by atoms with Crippen molar-refractivity contribution in [2.75, 3.05) is 24.6 Å². The Labute approximate surface area is 109 Å². The van der Waals surface area contributed by atoms with Crippen molar-refractivity contribution in [3.63, 3.8) is 0 Å².